The summed E-state index contributed by atoms with van der Waals surface area (Å²) in [6.07, 6.45) is 6.43. The fraction of sp³-hybridized carbons (Fsp3) is 0.368. The molecular formula is C19H22N4O. The predicted molar refractivity (Wildman–Crippen MR) is 94.1 cm³/mol. The highest BCUT2D eigenvalue weighted by Crippen LogP contribution is 2.29. The molecule has 0 spiro atoms. The number of nitrogens with one attached hydrogen (secondary N) is 1. The lowest BCUT2D eigenvalue weighted by molar-refractivity contribution is 0.0953. The minimum Gasteiger partial charge on any atom is -0.352 e. The van der Waals surface area contributed by atoms with E-state index in [9.17, 15) is 4.79 Å². The van der Waals surface area contributed by atoms with Gasteiger partial charge in [0.25, 0.3) is 5.91 Å². The first-order valence-corrected chi connectivity index (χ1v) is 8.57. The number of nitrogens with zero attached hydrogens (tertiary/aromatic N) is 3. The third kappa shape index (κ3) is 2.70. The molecule has 124 valence electrons. The van der Waals surface area contributed by atoms with Gasteiger partial charge >= 0.3 is 0 Å². The molecule has 0 bridgehead atoms. The summed E-state index contributed by atoms with van der Waals surface area (Å²) in [6.45, 7) is 4.98. The summed E-state index contributed by atoms with van der Waals surface area (Å²) >= 11 is 0. The van der Waals surface area contributed by atoms with Gasteiger partial charge in [-0.05, 0) is 56.9 Å². The number of carbonyl (C=O) groups is 1. The molecular weight excluding hydrogens is 300 g/mol. The molecule has 1 amide bonds. The second kappa shape index (κ2) is 5.82. The van der Waals surface area contributed by atoms with E-state index in [2.05, 4.69) is 24.3 Å². The minimum atomic E-state index is 0.000132. The number of amides is 1. The van der Waals surface area contributed by atoms with Gasteiger partial charge in [0.1, 0.15) is 5.69 Å². The maximum atomic E-state index is 12.6. The van der Waals surface area contributed by atoms with Crippen LogP contribution >= 0.6 is 0 Å². The molecule has 1 N–H and O–H groups in total. The van der Waals surface area contributed by atoms with E-state index in [1.165, 1.54) is 12.8 Å². The Morgan fingerprint density at radius 3 is 2.83 bits per heavy atom. The number of hydrogen-bond donors (Lipinski definition) is 1. The molecule has 0 aromatic carbocycles. The third-order valence-corrected chi connectivity index (χ3v) is 4.57. The lowest BCUT2D eigenvalue weighted by Gasteiger charge is -2.04. The van der Waals surface area contributed by atoms with Crippen molar-refractivity contribution in [3.63, 3.8) is 0 Å². The van der Waals surface area contributed by atoms with Crippen molar-refractivity contribution in [1.82, 2.24) is 19.5 Å². The SMILES string of the molecule is CC(C)n1ccc(-c2cc(C(=O)NCC3CC3)c3ccccn23)n1. The van der Waals surface area contributed by atoms with E-state index in [-0.39, 0.29) is 5.91 Å². The topological polar surface area (TPSA) is 51.3 Å². The van der Waals surface area contributed by atoms with Gasteiger partial charge in [0, 0.05) is 25.0 Å². The normalized spacial score (nSPS) is 14.5. The smallest absolute Gasteiger partial charge is 0.253 e. The molecule has 1 aliphatic carbocycles. The molecule has 0 atom stereocenters. The molecule has 1 fully saturated rings. The van der Waals surface area contributed by atoms with Gasteiger partial charge in [-0.15, -0.1) is 0 Å². The van der Waals surface area contributed by atoms with Crippen molar-refractivity contribution in [1.29, 1.82) is 0 Å². The van der Waals surface area contributed by atoms with Gasteiger partial charge in [-0.1, -0.05) is 6.07 Å². The van der Waals surface area contributed by atoms with Crippen molar-refractivity contribution < 1.29 is 4.79 Å². The van der Waals surface area contributed by atoms with Crippen molar-refractivity contribution in [2.75, 3.05) is 6.54 Å². The molecule has 1 aliphatic rings. The molecule has 1 saturated carbocycles. The average molecular weight is 322 g/mol. The van der Waals surface area contributed by atoms with Crippen LogP contribution in [0.3, 0.4) is 0 Å². The largest absolute Gasteiger partial charge is 0.352 e. The molecule has 0 radical (unpaired) electrons. The Morgan fingerprint density at radius 1 is 1.29 bits per heavy atom. The van der Waals surface area contributed by atoms with Gasteiger partial charge in [0.2, 0.25) is 0 Å². The monoisotopic (exact) mass is 322 g/mol. The fourth-order valence-corrected chi connectivity index (χ4v) is 2.95. The van der Waals surface area contributed by atoms with Gasteiger partial charge in [-0.3, -0.25) is 9.48 Å². The quantitative estimate of drug-likeness (QED) is 0.781. The van der Waals surface area contributed by atoms with Gasteiger partial charge in [0.15, 0.2) is 0 Å². The van der Waals surface area contributed by atoms with E-state index in [0.29, 0.717) is 17.5 Å². The number of hydrogen-bond acceptors (Lipinski definition) is 2. The second-order valence-electron chi connectivity index (χ2n) is 6.83. The van der Waals surface area contributed by atoms with E-state index >= 15 is 0 Å². The van der Waals surface area contributed by atoms with E-state index in [0.717, 1.165) is 23.4 Å². The Balaban J connectivity index is 1.73. The highest BCUT2D eigenvalue weighted by atomic mass is 16.1. The lowest BCUT2D eigenvalue weighted by atomic mass is 10.2. The molecule has 5 heteroatoms. The zero-order valence-corrected chi connectivity index (χ0v) is 14.1. The second-order valence-corrected chi connectivity index (χ2v) is 6.83. The summed E-state index contributed by atoms with van der Waals surface area (Å²) in [5.41, 5.74) is 3.46. The highest BCUT2D eigenvalue weighted by molar-refractivity contribution is 6.02. The zero-order chi connectivity index (χ0) is 16.7. The zero-order valence-electron chi connectivity index (χ0n) is 14.1. The maximum Gasteiger partial charge on any atom is 0.253 e. The van der Waals surface area contributed by atoms with Crippen LogP contribution in [0.2, 0.25) is 0 Å². The molecule has 3 heterocycles. The number of carbonyl (C=O) groups excluding carboxylic acids is 1. The fourth-order valence-electron chi connectivity index (χ4n) is 2.95. The lowest BCUT2D eigenvalue weighted by Crippen LogP contribution is -2.25. The molecule has 5 nitrogen and oxygen atoms in total. The van der Waals surface area contributed by atoms with E-state index in [1.54, 1.807) is 0 Å². The number of pyridine rings is 1. The standard InChI is InChI=1S/C19H22N4O/c1-13(2)23-10-8-16(21-23)18-11-15(17-5-3-4-9-22(17)18)19(24)20-12-14-6-7-14/h3-5,8-11,13-14H,6-7,12H2,1-2H3,(H,20,24). The van der Waals surface area contributed by atoms with Gasteiger partial charge in [0.05, 0.1) is 16.8 Å². The predicted octanol–water partition coefficient (Wildman–Crippen LogP) is 3.52. The first-order chi connectivity index (χ1) is 11.6. The number of aromatic nitrogens is 3. The van der Waals surface area contributed by atoms with Crippen molar-refractivity contribution in [2.24, 2.45) is 5.92 Å². The van der Waals surface area contributed by atoms with Crippen LogP contribution in [0.15, 0.2) is 42.7 Å². The first kappa shape index (κ1) is 15.0. The summed E-state index contributed by atoms with van der Waals surface area (Å²) in [4.78, 5) is 12.6. The third-order valence-electron chi connectivity index (χ3n) is 4.57. The van der Waals surface area contributed by atoms with E-state index in [1.807, 2.05) is 51.8 Å². The van der Waals surface area contributed by atoms with Crippen molar-refractivity contribution in [3.8, 4) is 11.4 Å². The number of rotatable bonds is 5. The van der Waals surface area contributed by atoms with Crippen LogP contribution < -0.4 is 5.32 Å². The molecule has 24 heavy (non-hydrogen) atoms. The van der Waals surface area contributed by atoms with Crippen molar-refractivity contribution in [2.45, 2.75) is 32.7 Å². The molecule has 0 saturated heterocycles. The average Bonchev–Trinajstić information content (AvgIpc) is 3.13. The van der Waals surface area contributed by atoms with Crippen molar-refractivity contribution in [3.05, 3.63) is 48.3 Å². The molecule has 4 rings (SSSR count). The number of fused-ring (bicyclic) bond motifs is 1. The van der Waals surface area contributed by atoms with Crippen LogP contribution in [-0.4, -0.2) is 26.6 Å². The Morgan fingerprint density at radius 2 is 2.12 bits per heavy atom. The summed E-state index contributed by atoms with van der Waals surface area (Å²) in [5, 5.41) is 7.71. The van der Waals surface area contributed by atoms with E-state index < -0.39 is 0 Å². The Hall–Kier alpha value is -2.56. The Kier molecular flexibility index (Phi) is 3.63. The Bertz CT molecular complexity index is 886. The summed E-state index contributed by atoms with van der Waals surface area (Å²) in [7, 11) is 0. The van der Waals surface area contributed by atoms with Crippen molar-refractivity contribution >= 4 is 11.4 Å². The van der Waals surface area contributed by atoms with Crippen LogP contribution in [0.1, 0.15) is 43.1 Å². The molecule has 0 unspecified atom stereocenters. The van der Waals surface area contributed by atoms with Crippen LogP contribution in [0.5, 0.6) is 0 Å². The summed E-state index contributed by atoms with van der Waals surface area (Å²) < 4.78 is 3.98. The highest BCUT2D eigenvalue weighted by Gasteiger charge is 2.23. The van der Waals surface area contributed by atoms with Gasteiger partial charge < -0.3 is 9.72 Å². The van der Waals surface area contributed by atoms with Crippen LogP contribution in [0, 0.1) is 5.92 Å². The molecule has 3 aromatic rings. The maximum absolute atomic E-state index is 12.6. The van der Waals surface area contributed by atoms with Crippen LogP contribution in [0.4, 0.5) is 0 Å². The molecule has 3 aromatic heterocycles. The Labute approximate surface area is 141 Å². The van der Waals surface area contributed by atoms with Crippen LogP contribution in [0.25, 0.3) is 16.9 Å². The first-order valence-electron chi connectivity index (χ1n) is 8.57. The summed E-state index contributed by atoms with van der Waals surface area (Å²) in [5.74, 6) is 0.671. The van der Waals surface area contributed by atoms with Crippen LogP contribution in [-0.2, 0) is 0 Å². The van der Waals surface area contributed by atoms with Gasteiger partial charge in [-0.2, -0.15) is 5.10 Å². The molecule has 0 aliphatic heterocycles. The minimum absolute atomic E-state index is 0.000132. The summed E-state index contributed by atoms with van der Waals surface area (Å²) in [6, 6.07) is 10.2. The van der Waals surface area contributed by atoms with E-state index in [4.69, 9.17) is 0 Å². The van der Waals surface area contributed by atoms with Gasteiger partial charge in [-0.25, -0.2) is 0 Å².